The minimum absolute atomic E-state index is 0. The van der Waals surface area contributed by atoms with Gasteiger partial charge in [-0.05, 0) is 28.4 Å². The maximum absolute atomic E-state index is 3.67. The van der Waals surface area contributed by atoms with E-state index in [-0.39, 0.29) is 35.6 Å². The van der Waals surface area contributed by atoms with Crippen molar-refractivity contribution in [3.63, 3.8) is 0 Å². The molecular formula is C43H60Cl2Zr-4. The monoisotopic (exact) mass is 736 g/mol. The van der Waals surface area contributed by atoms with Crippen molar-refractivity contribution < 1.29 is 24.2 Å². The molecule has 3 heteroatoms. The predicted molar refractivity (Wildman–Crippen MR) is 207 cm³/mol. The fraction of sp³-hybridized carbons (Fsp3) is 0.442. The van der Waals surface area contributed by atoms with Crippen molar-refractivity contribution in [3.8, 4) is 11.1 Å². The summed E-state index contributed by atoms with van der Waals surface area (Å²) in [6.07, 6.45) is 9.31. The number of allylic oxidation sites excluding steroid dienone is 4. The van der Waals surface area contributed by atoms with Crippen molar-refractivity contribution in [3.05, 3.63) is 125 Å². The molecule has 3 aromatic rings. The number of rotatable bonds is 2. The van der Waals surface area contributed by atoms with Crippen molar-refractivity contribution in [2.45, 2.75) is 113 Å². The van der Waals surface area contributed by atoms with Crippen LogP contribution in [0.15, 0.2) is 77.9 Å². The van der Waals surface area contributed by atoms with E-state index in [0.717, 1.165) is 12.8 Å². The molecule has 2 aliphatic rings. The number of benzene rings is 3. The van der Waals surface area contributed by atoms with Crippen LogP contribution < -0.4 is 0 Å². The maximum atomic E-state index is 3.67. The summed E-state index contributed by atoms with van der Waals surface area (Å²) in [6.45, 7) is 29.9. The molecule has 2 aliphatic carbocycles. The zero-order chi connectivity index (χ0) is 33.7. The van der Waals surface area contributed by atoms with E-state index in [1.165, 1.54) is 75.2 Å². The van der Waals surface area contributed by atoms with Gasteiger partial charge in [0.15, 0.2) is 0 Å². The molecule has 254 valence electrons. The molecule has 0 nitrogen and oxygen atoms in total. The van der Waals surface area contributed by atoms with E-state index in [2.05, 4.69) is 142 Å². The van der Waals surface area contributed by atoms with Crippen molar-refractivity contribution >= 4 is 29.0 Å². The molecule has 5 rings (SSSR count). The average molecular weight is 739 g/mol. The summed E-state index contributed by atoms with van der Waals surface area (Å²) in [6, 6.07) is 27.7. The van der Waals surface area contributed by atoms with E-state index in [1.54, 1.807) is 6.92 Å². The molecule has 1 atom stereocenters. The second-order valence-electron chi connectivity index (χ2n) is 14.2. The minimum atomic E-state index is 0. The number of halogens is 2. The first-order valence-corrected chi connectivity index (χ1v) is 17.9. The Balaban J connectivity index is 0. The van der Waals surface area contributed by atoms with Gasteiger partial charge in [0.1, 0.15) is 0 Å². The molecule has 0 saturated carbocycles. The van der Waals surface area contributed by atoms with Crippen molar-refractivity contribution in [1.82, 2.24) is 0 Å². The minimum Gasteiger partial charge on any atom is -0.184 e. The third-order valence-electron chi connectivity index (χ3n) is 7.73. The molecule has 0 amide bonds. The standard InChI is InChI=1S/C21H25.C13H21.C6H5.C2H5.CH2.2ClH.Zr/c1-20(2,3)16-7-9-18-14(12-16)11-15-13-17(21(4,5)6)8-10-19(15)18;1-6-10-8-11(7-2)12(9-10)13(3,4)5;1-2-4-6-5-3-1;1-2;;;;/h7-10,12H,11H2,1-6H3;9-10H,6-7H2,1-5H3;1-5H;1H2,2H3;1H2;2*1H;/q4*-1;;;;. The molecule has 0 heterocycles. The van der Waals surface area contributed by atoms with Gasteiger partial charge in [0.05, 0.1) is 0 Å². The summed E-state index contributed by atoms with van der Waals surface area (Å²) in [5.74, 6) is 0.573. The Hall–Kier alpha value is -1.53. The van der Waals surface area contributed by atoms with Gasteiger partial charge in [-0.1, -0.05) is 124 Å². The van der Waals surface area contributed by atoms with Crippen LogP contribution in [0, 0.1) is 36.5 Å². The van der Waals surface area contributed by atoms with E-state index < -0.39 is 0 Å². The van der Waals surface area contributed by atoms with Crippen LogP contribution in [-0.2, 0) is 41.5 Å². The Labute approximate surface area is 312 Å². The third kappa shape index (κ3) is 13.9. The van der Waals surface area contributed by atoms with E-state index in [0.29, 0.717) is 11.3 Å². The molecule has 0 N–H and O–H groups in total. The first kappa shape index (κ1) is 46.6. The predicted octanol–water partition coefficient (Wildman–Crippen LogP) is 12.9. The van der Waals surface area contributed by atoms with Crippen molar-refractivity contribution in [1.29, 1.82) is 0 Å². The summed E-state index contributed by atoms with van der Waals surface area (Å²) < 4.78 is 3.34. The molecule has 3 aromatic carbocycles. The average Bonchev–Trinajstić information content (AvgIpc) is 3.61. The SMILES string of the molecule is CC(C)(C)c1[c-]c2c(cc1)-c1ccc(C(C)(C)C)cc1C2.CCC1=[C-]C(CC)C=C1C(C)(C)C.Cl.Cl.[CH2-]C.[CH2]=[Zr].[c-]1ccccc1. The van der Waals surface area contributed by atoms with Gasteiger partial charge in [-0.2, -0.15) is 78.7 Å². The second kappa shape index (κ2) is 21.4. The van der Waals surface area contributed by atoms with Gasteiger partial charge in [-0.15, -0.1) is 35.9 Å². The summed E-state index contributed by atoms with van der Waals surface area (Å²) in [7, 11) is 0. The molecule has 0 fully saturated rings. The second-order valence-corrected chi connectivity index (χ2v) is 14.2. The van der Waals surface area contributed by atoms with Crippen LogP contribution >= 0.6 is 24.8 Å². The van der Waals surface area contributed by atoms with Gasteiger partial charge in [0.2, 0.25) is 0 Å². The Morgan fingerprint density at radius 2 is 1.35 bits per heavy atom. The normalized spacial score (nSPS) is 14.1. The Kier molecular flexibility index (Phi) is 21.7. The number of hydrogen-bond acceptors (Lipinski definition) is 0. The largest absolute Gasteiger partial charge is 0.184 e. The molecule has 46 heavy (non-hydrogen) atoms. The molecule has 0 bridgehead atoms. The van der Waals surface area contributed by atoms with Crippen LogP contribution in [0.3, 0.4) is 0 Å². The van der Waals surface area contributed by atoms with Gasteiger partial charge >= 0.3 is 28.4 Å². The van der Waals surface area contributed by atoms with E-state index in [9.17, 15) is 0 Å². The summed E-state index contributed by atoms with van der Waals surface area (Å²) in [5.41, 5.74) is 12.0. The smallest absolute Gasteiger partial charge is 0.171 e. The van der Waals surface area contributed by atoms with Gasteiger partial charge in [0.25, 0.3) is 0 Å². The van der Waals surface area contributed by atoms with Crippen LogP contribution in [0.25, 0.3) is 11.1 Å². The molecule has 0 saturated heterocycles. The Morgan fingerprint density at radius 3 is 1.74 bits per heavy atom. The first-order valence-electron chi connectivity index (χ1n) is 16.2. The van der Waals surface area contributed by atoms with Crippen molar-refractivity contribution in [2.75, 3.05) is 0 Å². The number of fused-ring (bicyclic) bond motifs is 3. The van der Waals surface area contributed by atoms with Gasteiger partial charge < -0.3 is 6.92 Å². The molecule has 0 aromatic heterocycles. The first-order chi connectivity index (χ1) is 20.6. The van der Waals surface area contributed by atoms with Crippen LogP contribution in [0.5, 0.6) is 0 Å². The van der Waals surface area contributed by atoms with Gasteiger partial charge in [-0.3, -0.25) is 6.08 Å². The fourth-order valence-corrected chi connectivity index (χ4v) is 5.23. The molecule has 0 aliphatic heterocycles. The zero-order valence-electron chi connectivity index (χ0n) is 30.8. The van der Waals surface area contributed by atoms with Crippen molar-refractivity contribution in [2.24, 2.45) is 11.3 Å². The Bertz CT molecular complexity index is 1260. The summed E-state index contributed by atoms with van der Waals surface area (Å²) >= 11 is 1.30. The molecule has 0 spiro atoms. The Morgan fingerprint density at radius 1 is 0.783 bits per heavy atom. The maximum Gasteiger partial charge on any atom is -0.171 e. The van der Waals surface area contributed by atoms with Crippen LogP contribution in [0.1, 0.15) is 118 Å². The molecule has 1 unspecified atom stereocenters. The van der Waals surface area contributed by atoms with Gasteiger partial charge in [0, 0.05) is 0 Å². The fourth-order valence-electron chi connectivity index (χ4n) is 5.23. The topological polar surface area (TPSA) is 0 Å². The zero-order valence-corrected chi connectivity index (χ0v) is 34.9. The van der Waals surface area contributed by atoms with E-state index in [4.69, 9.17) is 0 Å². The molecule has 0 radical (unpaired) electrons. The van der Waals surface area contributed by atoms with Crippen LogP contribution in [0.2, 0.25) is 0 Å². The summed E-state index contributed by atoms with van der Waals surface area (Å²) in [4.78, 5) is 0. The van der Waals surface area contributed by atoms with Crippen LogP contribution in [-0.4, -0.2) is 4.21 Å². The van der Waals surface area contributed by atoms with Crippen LogP contribution in [0.4, 0.5) is 0 Å². The molecular weight excluding hydrogens is 679 g/mol. The quantitative estimate of drug-likeness (QED) is 0.180. The van der Waals surface area contributed by atoms with E-state index >= 15 is 0 Å². The third-order valence-corrected chi connectivity index (χ3v) is 7.73. The summed E-state index contributed by atoms with van der Waals surface area (Å²) in [5, 5.41) is 0. The number of hydrogen-bond donors (Lipinski definition) is 0. The van der Waals surface area contributed by atoms with Gasteiger partial charge in [-0.25, -0.2) is 5.57 Å². The van der Waals surface area contributed by atoms with E-state index in [1.807, 2.05) is 30.3 Å².